The number of aromatic nitrogens is 1. The second-order valence-electron chi connectivity index (χ2n) is 6.62. The number of aromatic amines is 1. The lowest BCUT2D eigenvalue weighted by Crippen LogP contribution is -2.54. The smallest absolute Gasteiger partial charge is 0.305 e. The second-order valence-corrected chi connectivity index (χ2v) is 6.62. The van der Waals surface area contributed by atoms with Crippen molar-refractivity contribution in [2.24, 2.45) is 0 Å². The number of aryl methyl sites for hydroxylation is 2. The molecule has 1 aliphatic carbocycles. The van der Waals surface area contributed by atoms with Gasteiger partial charge in [0.15, 0.2) is 0 Å². The number of benzene rings is 1. The zero-order valence-corrected chi connectivity index (χ0v) is 13.3. The van der Waals surface area contributed by atoms with Gasteiger partial charge in [0, 0.05) is 23.5 Å². The third kappa shape index (κ3) is 3.38. The Hall–Kier alpha value is -2.30. The largest absolute Gasteiger partial charge is 0.481 e. The molecule has 1 aliphatic rings. The van der Waals surface area contributed by atoms with E-state index in [9.17, 15) is 9.59 Å². The number of nitrogens with one attached hydrogen (secondary N) is 2. The van der Waals surface area contributed by atoms with Crippen LogP contribution in [0.1, 0.15) is 43.2 Å². The van der Waals surface area contributed by atoms with Gasteiger partial charge in [0.2, 0.25) is 5.91 Å². The Bertz CT molecular complexity index is 744. The quantitative estimate of drug-likeness (QED) is 0.766. The Morgan fingerprint density at radius 3 is 2.78 bits per heavy atom. The molecular formula is C18H22N2O3. The van der Waals surface area contributed by atoms with Gasteiger partial charge in [-0.05, 0) is 50.3 Å². The molecule has 1 amide bonds. The van der Waals surface area contributed by atoms with Crippen LogP contribution in [0.3, 0.4) is 0 Å². The van der Waals surface area contributed by atoms with E-state index >= 15 is 0 Å². The van der Waals surface area contributed by atoms with E-state index in [-0.39, 0.29) is 12.3 Å². The minimum absolute atomic E-state index is 0.0189. The molecule has 0 atom stereocenters. The van der Waals surface area contributed by atoms with Gasteiger partial charge in [-0.25, -0.2) is 0 Å². The minimum atomic E-state index is -0.850. The molecule has 3 N–H and O–H groups in total. The van der Waals surface area contributed by atoms with Crippen molar-refractivity contribution in [3.05, 3.63) is 35.5 Å². The van der Waals surface area contributed by atoms with Crippen LogP contribution in [0.25, 0.3) is 10.9 Å². The fourth-order valence-corrected chi connectivity index (χ4v) is 3.34. The predicted octanol–water partition coefficient (Wildman–Crippen LogP) is 2.92. The van der Waals surface area contributed by atoms with Crippen molar-refractivity contribution in [1.29, 1.82) is 0 Å². The summed E-state index contributed by atoms with van der Waals surface area (Å²) >= 11 is 0. The van der Waals surface area contributed by atoms with Crippen LogP contribution >= 0.6 is 0 Å². The monoisotopic (exact) mass is 314 g/mol. The van der Waals surface area contributed by atoms with Crippen LogP contribution in [0.2, 0.25) is 0 Å². The Balaban J connectivity index is 1.62. The van der Waals surface area contributed by atoms with E-state index in [1.807, 2.05) is 12.3 Å². The summed E-state index contributed by atoms with van der Waals surface area (Å²) in [6.45, 7) is 2.05. The first-order valence-electron chi connectivity index (χ1n) is 8.07. The average Bonchev–Trinajstić information content (AvgIpc) is 2.84. The maximum Gasteiger partial charge on any atom is 0.305 e. The number of aliphatic carboxylic acids is 1. The molecule has 122 valence electrons. The number of rotatable bonds is 6. The summed E-state index contributed by atoms with van der Waals surface area (Å²) in [6, 6.07) is 6.23. The molecule has 5 heteroatoms. The number of H-pyrrole nitrogens is 1. The highest BCUT2D eigenvalue weighted by atomic mass is 16.4. The average molecular weight is 314 g/mol. The number of amides is 1. The van der Waals surface area contributed by atoms with E-state index in [1.165, 1.54) is 5.56 Å². The Labute approximate surface area is 135 Å². The maximum absolute atomic E-state index is 12.2. The second kappa shape index (κ2) is 6.07. The topological polar surface area (TPSA) is 82.2 Å². The number of hydrogen-bond acceptors (Lipinski definition) is 2. The molecule has 1 aromatic carbocycles. The van der Waals surface area contributed by atoms with E-state index in [4.69, 9.17) is 5.11 Å². The molecule has 3 rings (SSSR count). The molecule has 0 saturated heterocycles. The molecule has 1 saturated carbocycles. The van der Waals surface area contributed by atoms with Gasteiger partial charge in [-0.3, -0.25) is 9.59 Å². The molecule has 0 bridgehead atoms. The Morgan fingerprint density at radius 1 is 1.35 bits per heavy atom. The lowest BCUT2D eigenvalue weighted by Gasteiger charge is -2.41. The lowest BCUT2D eigenvalue weighted by molar-refractivity contribution is -0.140. The van der Waals surface area contributed by atoms with Crippen LogP contribution < -0.4 is 5.32 Å². The highest BCUT2D eigenvalue weighted by molar-refractivity contribution is 5.85. The molecule has 23 heavy (non-hydrogen) atoms. The van der Waals surface area contributed by atoms with E-state index in [1.54, 1.807) is 0 Å². The van der Waals surface area contributed by atoms with Gasteiger partial charge in [-0.1, -0.05) is 11.6 Å². The molecule has 1 fully saturated rings. The number of carbonyl (C=O) groups excluding carboxylic acids is 1. The summed E-state index contributed by atoms with van der Waals surface area (Å²) in [6.07, 6.45) is 5.50. The van der Waals surface area contributed by atoms with Crippen molar-refractivity contribution in [1.82, 2.24) is 10.3 Å². The summed E-state index contributed by atoms with van der Waals surface area (Å²) in [5, 5.41) is 13.1. The molecule has 0 aliphatic heterocycles. The fourth-order valence-electron chi connectivity index (χ4n) is 3.34. The number of carboxylic acid groups (broad SMARTS) is 1. The van der Waals surface area contributed by atoms with Crippen molar-refractivity contribution in [2.75, 3.05) is 0 Å². The summed E-state index contributed by atoms with van der Waals surface area (Å²) in [7, 11) is 0. The van der Waals surface area contributed by atoms with Gasteiger partial charge < -0.3 is 15.4 Å². The molecule has 5 nitrogen and oxygen atoms in total. The molecule has 1 heterocycles. The van der Waals surface area contributed by atoms with Gasteiger partial charge >= 0.3 is 5.97 Å². The van der Waals surface area contributed by atoms with Crippen LogP contribution in [-0.2, 0) is 16.0 Å². The van der Waals surface area contributed by atoms with E-state index in [0.717, 1.165) is 35.7 Å². The molecule has 0 unspecified atom stereocenters. The molecule has 0 radical (unpaired) electrons. The van der Waals surface area contributed by atoms with Gasteiger partial charge in [-0.2, -0.15) is 0 Å². The first kappa shape index (κ1) is 15.6. The van der Waals surface area contributed by atoms with Crippen molar-refractivity contribution in [2.45, 2.75) is 51.0 Å². The minimum Gasteiger partial charge on any atom is -0.481 e. The number of carbonyl (C=O) groups is 2. The van der Waals surface area contributed by atoms with Gasteiger partial charge in [0.1, 0.15) is 0 Å². The molecular weight excluding hydrogens is 292 g/mol. The first-order chi connectivity index (χ1) is 11.0. The number of hydrogen-bond donors (Lipinski definition) is 3. The van der Waals surface area contributed by atoms with E-state index in [2.05, 4.69) is 29.4 Å². The van der Waals surface area contributed by atoms with Crippen molar-refractivity contribution in [3.63, 3.8) is 0 Å². The van der Waals surface area contributed by atoms with Crippen LogP contribution in [0.15, 0.2) is 24.4 Å². The Kier molecular flexibility index (Phi) is 4.11. The zero-order valence-electron chi connectivity index (χ0n) is 13.3. The summed E-state index contributed by atoms with van der Waals surface area (Å²) in [4.78, 5) is 26.4. The van der Waals surface area contributed by atoms with Crippen LogP contribution in [0.4, 0.5) is 0 Å². The van der Waals surface area contributed by atoms with E-state index in [0.29, 0.717) is 12.8 Å². The first-order valence-corrected chi connectivity index (χ1v) is 8.07. The summed E-state index contributed by atoms with van der Waals surface area (Å²) < 4.78 is 0. The molecule has 2 aromatic rings. The fraction of sp³-hybridized carbons (Fsp3) is 0.444. The Morgan fingerprint density at radius 2 is 2.13 bits per heavy atom. The van der Waals surface area contributed by atoms with Crippen molar-refractivity contribution < 1.29 is 14.7 Å². The van der Waals surface area contributed by atoms with Gasteiger partial charge in [-0.15, -0.1) is 0 Å². The highest BCUT2D eigenvalue weighted by Gasteiger charge is 2.40. The summed E-state index contributed by atoms with van der Waals surface area (Å²) in [5.74, 6) is -0.912. The van der Waals surface area contributed by atoms with Crippen LogP contribution in [0, 0.1) is 6.92 Å². The standard InChI is InChI=1S/C18H22N2O3/c1-12-3-5-15-14(9-12)13(11-19-15)4-6-16(21)20-18(7-2-8-18)10-17(22)23/h3,5,9,11,19H,2,4,6-8,10H2,1H3,(H,20,21)(H,22,23). The summed E-state index contributed by atoms with van der Waals surface area (Å²) in [5.41, 5.74) is 2.88. The SMILES string of the molecule is Cc1ccc2[nH]cc(CCC(=O)NC3(CC(=O)O)CCC3)c2c1. The number of fused-ring (bicyclic) bond motifs is 1. The lowest BCUT2D eigenvalue weighted by atomic mass is 9.74. The zero-order chi connectivity index (χ0) is 16.4. The van der Waals surface area contributed by atoms with Crippen molar-refractivity contribution in [3.8, 4) is 0 Å². The number of carboxylic acids is 1. The third-order valence-electron chi connectivity index (χ3n) is 4.75. The molecule has 1 aromatic heterocycles. The van der Waals surface area contributed by atoms with Gasteiger partial charge in [0.25, 0.3) is 0 Å². The van der Waals surface area contributed by atoms with Gasteiger partial charge in [0.05, 0.1) is 12.0 Å². The van der Waals surface area contributed by atoms with Crippen LogP contribution in [0.5, 0.6) is 0 Å². The van der Waals surface area contributed by atoms with Crippen molar-refractivity contribution >= 4 is 22.8 Å². The van der Waals surface area contributed by atoms with E-state index < -0.39 is 11.5 Å². The third-order valence-corrected chi connectivity index (χ3v) is 4.75. The molecule has 0 spiro atoms. The maximum atomic E-state index is 12.2. The normalized spacial score (nSPS) is 16.0. The highest BCUT2D eigenvalue weighted by Crippen LogP contribution is 2.35. The predicted molar refractivity (Wildman–Crippen MR) is 88.3 cm³/mol. The van der Waals surface area contributed by atoms with Crippen LogP contribution in [-0.4, -0.2) is 27.5 Å².